The van der Waals surface area contributed by atoms with Gasteiger partial charge in [0, 0.05) is 19.6 Å². The van der Waals surface area contributed by atoms with E-state index in [0.717, 1.165) is 35.7 Å². The number of hydrogen-bond acceptors (Lipinski definition) is 4. The van der Waals surface area contributed by atoms with Gasteiger partial charge in [-0.1, -0.05) is 37.3 Å². The third-order valence-corrected chi connectivity index (χ3v) is 4.15. The SMILES string of the molecule is CCc1nc2n(c1CN)CCN(C(=O)OCc1ccccc1)C2. The van der Waals surface area contributed by atoms with Gasteiger partial charge in [-0.3, -0.25) is 4.90 Å². The van der Waals surface area contributed by atoms with Gasteiger partial charge in [0.15, 0.2) is 0 Å². The number of rotatable bonds is 4. The monoisotopic (exact) mass is 314 g/mol. The van der Waals surface area contributed by atoms with E-state index >= 15 is 0 Å². The molecule has 1 aromatic carbocycles. The van der Waals surface area contributed by atoms with Crippen molar-refractivity contribution in [1.82, 2.24) is 14.5 Å². The van der Waals surface area contributed by atoms with Crippen LogP contribution in [0.25, 0.3) is 0 Å². The highest BCUT2D eigenvalue weighted by molar-refractivity contribution is 5.67. The molecule has 6 heteroatoms. The predicted octanol–water partition coefficient (Wildman–Crippen LogP) is 2.06. The molecule has 0 bridgehead atoms. The standard InChI is InChI=1S/C17H22N4O2/c1-2-14-15(10-18)21-9-8-20(11-16(21)19-14)17(22)23-12-13-6-4-3-5-7-13/h3-7H,2,8-12,18H2,1H3. The number of aromatic nitrogens is 2. The van der Waals surface area contributed by atoms with E-state index in [9.17, 15) is 4.79 Å². The Labute approximate surface area is 135 Å². The summed E-state index contributed by atoms with van der Waals surface area (Å²) in [6.07, 6.45) is 0.556. The maximum absolute atomic E-state index is 12.3. The molecule has 23 heavy (non-hydrogen) atoms. The molecule has 0 spiro atoms. The smallest absolute Gasteiger partial charge is 0.410 e. The second-order valence-electron chi connectivity index (χ2n) is 5.59. The van der Waals surface area contributed by atoms with Gasteiger partial charge in [-0.05, 0) is 12.0 Å². The van der Waals surface area contributed by atoms with Crippen LogP contribution in [-0.4, -0.2) is 27.1 Å². The normalized spacial score (nSPS) is 13.7. The average molecular weight is 314 g/mol. The van der Waals surface area contributed by atoms with Gasteiger partial charge in [-0.25, -0.2) is 9.78 Å². The third kappa shape index (κ3) is 3.22. The van der Waals surface area contributed by atoms with E-state index < -0.39 is 0 Å². The second-order valence-corrected chi connectivity index (χ2v) is 5.59. The van der Waals surface area contributed by atoms with Crippen molar-refractivity contribution in [2.24, 2.45) is 5.73 Å². The molecule has 6 nitrogen and oxygen atoms in total. The zero-order chi connectivity index (χ0) is 16.2. The van der Waals surface area contributed by atoms with Gasteiger partial charge in [0.25, 0.3) is 0 Å². The largest absolute Gasteiger partial charge is 0.445 e. The summed E-state index contributed by atoms with van der Waals surface area (Å²) in [5.74, 6) is 0.894. The van der Waals surface area contributed by atoms with Crippen LogP contribution < -0.4 is 5.73 Å². The first-order valence-corrected chi connectivity index (χ1v) is 7.95. The summed E-state index contributed by atoms with van der Waals surface area (Å²) in [6.45, 7) is 4.65. The number of aryl methyl sites for hydroxylation is 1. The molecule has 0 saturated heterocycles. The van der Waals surface area contributed by atoms with Crippen LogP contribution in [0.1, 0.15) is 29.7 Å². The Kier molecular flexibility index (Phi) is 4.62. The number of fused-ring (bicyclic) bond motifs is 1. The molecule has 1 aliphatic heterocycles. The average Bonchev–Trinajstić information content (AvgIpc) is 2.97. The Morgan fingerprint density at radius 2 is 2.09 bits per heavy atom. The summed E-state index contributed by atoms with van der Waals surface area (Å²) < 4.78 is 7.54. The summed E-state index contributed by atoms with van der Waals surface area (Å²) in [5.41, 5.74) is 8.93. The molecule has 122 valence electrons. The third-order valence-electron chi connectivity index (χ3n) is 4.15. The maximum Gasteiger partial charge on any atom is 0.410 e. The van der Waals surface area contributed by atoms with E-state index in [4.69, 9.17) is 10.5 Å². The molecule has 0 atom stereocenters. The fourth-order valence-electron chi connectivity index (χ4n) is 2.92. The summed E-state index contributed by atoms with van der Waals surface area (Å²) in [6, 6.07) is 9.69. The minimum absolute atomic E-state index is 0.291. The number of carbonyl (C=O) groups is 1. The number of hydrogen-bond donors (Lipinski definition) is 1. The van der Waals surface area contributed by atoms with Gasteiger partial charge >= 0.3 is 6.09 Å². The van der Waals surface area contributed by atoms with E-state index in [2.05, 4.69) is 16.5 Å². The molecule has 3 rings (SSSR count). The first-order chi connectivity index (χ1) is 11.2. The molecular formula is C17H22N4O2. The van der Waals surface area contributed by atoms with Gasteiger partial charge in [-0.15, -0.1) is 0 Å². The highest BCUT2D eigenvalue weighted by atomic mass is 16.6. The summed E-state index contributed by atoms with van der Waals surface area (Å²) in [5, 5.41) is 0. The molecule has 2 aromatic rings. The van der Waals surface area contributed by atoms with Crippen LogP contribution in [0.4, 0.5) is 4.79 Å². The van der Waals surface area contributed by atoms with Crippen LogP contribution >= 0.6 is 0 Å². The fourth-order valence-corrected chi connectivity index (χ4v) is 2.92. The van der Waals surface area contributed by atoms with Crippen LogP contribution in [0.3, 0.4) is 0 Å². The van der Waals surface area contributed by atoms with Crippen molar-refractivity contribution in [3.05, 3.63) is 53.1 Å². The van der Waals surface area contributed by atoms with Crippen molar-refractivity contribution in [3.63, 3.8) is 0 Å². The van der Waals surface area contributed by atoms with E-state index in [0.29, 0.717) is 26.2 Å². The van der Waals surface area contributed by atoms with Gasteiger partial charge in [0.2, 0.25) is 0 Å². The van der Waals surface area contributed by atoms with Crippen molar-refractivity contribution in [1.29, 1.82) is 0 Å². The fraction of sp³-hybridized carbons (Fsp3) is 0.412. The lowest BCUT2D eigenvalue weighted by Gasteiger charge is -2.27. The Hall–Kier alpha value is -2.34. The Morgan fingerprint density at radius 1 is 1.30 bits per heavy atom. The topological polar surface area (TPSA) is 73.4 Å². The number of imidazole rings is 1. The maximum atomic E-state index is 12.3. The molecule has 0 radical (unpaired) electrons. The van der Waals surface area contributed by atoms with Crippen molar-refractivity contribution < 1.29 is 9.53 Å². The first kappa shape index (κ1) is 15.6. The number of amides is 1. The summed E-state index contributed by atoms with van der Waals surface area (Å²) in [7, 11) is 0. The second kappa shape index (κ2) is 6.83. The number of nitrogens with two attached hydrogens (primary N) is 1. The molecule has 0 fully saturated rings. The molecule has 0 unspecified atom stereocenters. The molecule has 0 saturated carbocycles. The number of carbonyl (C=O) groups excluding carboxylic acids is 1. The lowest BCUT2D eigenvalue weighted by atomic mass is 10.2. The molecule has 0 aliphatic carbocycles. The molecule has 2 heterocycles. The molecule has 1 aliphatic rings. The molecule has 1 amide bonds. The van der Waals surface area contributed by atoms with Crippen LogP contribution in [0.5, 0.6) is 0 Å². The minimum atomic E-state index is -0.296. The molecule has 1 aromatic heterocycles. The van der Waals surface area contributed by atoms with Crippen molar-refractivity contribution in [2.75, 3.05) is 6.54 Å². The first-order valence-electron chi connectivity index (χ1n) is 7.95. The van der Waals surface area contributed by atoms with Crippen molar-refractivity contribution in [2.45, 2.75) is 39.6 Å². The number of benzene rings is 1. The van der Waals surface area contributed by atoms with Crippen LogP contribution in [0.2, 0.25) is 0 Å². The predicted molar refractivity (Wildman–Crippen MR) is 86.5 cm³/mol. The van der Waals surface area contributed by atoms with Gasteiger partial charge in [-0.2, -0.15) is 0 Å². The lowest BCUT2D eigenvalue weighted by Crippen LogP contribution is -2.39. The summed E-state index contributed by atoms with van der Waals surface area (Å²) in [4.78, 5) is 18.6. The zero-order valence-electron chi connectivity index (χ0n) is 13.4. The highest BCUT2D eigenvalue weighted by Gasteiger charge is 2.25. The van der Waals surface area contributed by atoms with E-state index in [-0.39, 0.29) is 6.09 Å². The Balaban J connectivity index is 1.65. The van der Waals surface area contributed by atoms with Gasteiger partial charge in [0.1, 0.15) is 12.4 Å². The van der Waals surface area contributed by atoms with E-state index in [1.165, 1.54) is 0 Å². The molecular weight excluding hydrogens is 292 g/mol. The van der Waals surface area contributed by atoms with Crippen LogP contribution in [0, 0.1) is 0 Å². The van der Waals surface area contributed by atoms with Gasteiger partial charge < -0.3 is 15.0 Å². The summed E-state index contributed by atoms with van der Waals surface area (Å²) >= 11 is 0. The van der Waals surface area contributed by atoms with Crippen molar-refractivity contribution >= 4 is 6.09 Å². The molecule has 2 N–H and O–H groups in total. The lowest BCUT2D eigenvalue weighted by molar-refractivity contribution is 0.0859. The zero-order valence-corrected chi connectivity index (χ0v) is 13.4. The number of nitrogens with zero attached hydrogens (tertiary/aromatic N) is 3. The van der Waals surface area contributed by atoms with Crippen LogP contribution in [-0.2, 0) is 37.4 Å². The van der Waals surface area contributed by atoms with E-state index in [1.54, 1.807) is 4.90 Å². The van der Waals surface area contributed by atoms with Crippen LogP contribution in [0.15, 0.2) is 30.3 Å². The highest BCUT2D eigenvalue weighted by Crippen LogP contribution is 2.19. The van der Waals surface area contributed by atoms with Crippen molar-refractivity contribution in [3.8, 4) is 0 Å². The Bertz CT molecular complexity index is 681. The Morgan fingerprint density at radius 3 is 2.78 bits per heavy atom. The van der Waals surface area contributed by atoms with Gasteiger partial charge in [0.05, 0.1) is 17.9 Å². The van der Waals surface area contributed by atoms with E-state index in [1.807, 2.05) is 30.3 Å². The quantitative estimate of drug-likeness (QED) is 0.937. The minimum Gasteiger partial charge on any atom is -0.445 e. The number of ether oxygens (including phenoxy) is 1.